The highest BCUT2D eigenvalue weighted by Gasteiger charge is 2.67. The number of fused-ring (bicyclic) bond motifs is 5. The molecule has 3 fully saturated rings. The van der Waals surface area contributed by atoms with E-state index in [1.807, 2.05) is 13.8 Å². The number of aliphatic hydroxyl groups excluding tert-OH is 1. The maximum Gasteiger partial charge on any atom is 0.508 e. The standard InChI is InChI=1S/C24H31FO7/c1-13(19(27)20(28)29)31-21(30)32-18-7-6-16-17-5-4-14-12-15(26)8-9-23(14,3)24(17,25)11-10-22(16,18)2/h8-9,12-13,16-19,27H,4-7,10-11H2,1-3H3,(H,28,29)/t13?,16-,17-,18-,19?,22-,23-,24+/m0/s1. The lowest BCUT2D eigenvalue weighted by atomic mass is 9.47. The van der Waals surface area contributed by atoms with Gasteiger partial charge in [0.25, 0.3) is 0 Å². The average Bonchev–Trinajstić information content (AvgIpc) is 3.04. The fourth-order valence-electron chi connectivity index (χ4n) is 6.80. The zero-order valence-corrected chi connectivity index (χ0v) is 18.7. The molecule has 3 saturated carbocycles. The Morgan fingerprint density at radius 2 is 1.91 bits per heavy atom. The molecule has 0 heterocycles. The normalized spacial score (nSPS) is 42.1. The lowest BCUT2D eigenvalue weighted by Gasteiger charge is -2.60. The number of allylic oxidation sites excluding steroid dienone is 4. The second kappa shape index (κ2) is 7.68. The van der Waals surface area contributed by atoms with Crippen LogP contribution in [0, 0.1) is 22.7 Å². The molecule has 2 N–H and O–H groups in total. The summed E-state index contributed by atoms with van der Waals surface area (Å²) in [6.07, 6.45) is 3.70. The summed E-state index contributed by atoms with van der Waals surface area (Å²) in [6.45, 7) is 5.21. The lowest BCUT2D eigenvalue weighted by molar-refractivity contribution is -0.155. The lowest BCUT2D eigenvalue weighted by Crippen LogP contribution is -2.60. The van der Waals surface area contributed by atoms with Gasteiger partial charge in [0, 0.05) is 10.8 Å². The number of aliphatic hydroxyl groups is 1. The minimum Gasteiger partial charge on any atom is -0.479 e. The van der Waals surface area contributed by atoms with Gasteiger partial charge < -0.3 is 19.7 Å². The van der Waals surface area contributed by atoms with Crippen molar-refractivity contribution in [3.63, 3.8) is 0 Å². The monoisotopic (exact) mass is 450 g/mol. The molecule has 4 rings (SSSR count). The first-order valence-electron chi connectivity index (χ1n) is 11.3. The third-order valence-electron chi connectivity index (χ3n) is 8.79. The smallest absolute Gasteiger partial charge is 0.479 e. The molecule has 0 saturated heterocycles. The van der Waals surface area contributed by atoms with Crippen molar-refractivity contribution in [2.75, 3.05) is 0 Å². The van der Waals surface area contributed by atoms with E-state index in [2.05, 4.69) is 0 Å². The molecule has 8 heteroatoms. The third-order valence-corrected chi connectivity index (χ3v) is 8.79. The van der Waals surface area contributed by atoms with Gasteiger partial charge in [0.1, 0.15) is 17.9 Å². The molecule has 4 aliphatic rings. The highest BCUT2D eigenvalue weighted by atomic mass is 19.1. The van der Waals surface area contributed by atoms with Crippen molar-refractivity contribution in [2.24, 2.45) is 22.7 Å². The molecule has 0 bridgehead atoms. The van der Waals surface area contributed by atoms with Gasteiger partial charge in [-0.05, 0) is 76.4 Å². The summed E-state index contributed by atoms with van der Waals surface area (Å²) in [5.41, 5.74) is -1.81. The van der Waals surface area contributed by atoms with Crippen molar-refractivity contribution < 1.29 is 38.5 Å². The number of hydrogen-bond acceptors (Lipinski definition) is 6. The molecule has 0 amide bonds. The molecular weight excluding hydrogens is 419 g/mol. The number of ketones is 1. The van der Waals surface area contributed by atoms with E-state index in [-0.39, 0.29) is 17.6 Å². The van der Waals surface area contributed by atoms with Crippen LogP contribution in [0.15, 0.2) is 23.8 Å². The van der Waals surface area contributed by atoms with Crippen LogP contribution in [0.3, 0.4) is 0 Å². The number of carboxylic acid groups (broad SMARTS) is 1. The van der Waals surface area contributed by atoms with Crippen LogP contribution in [0.2, 0.25) is 0 Å². The van der Waals surface area contributed by atoms with E-state index in [1.54, 1.807) is 12.2 Å². The second-order valence-corrected chi connectivity index (χ2v) is 10.3. The molecule has 8 atom stereocenters. The van der Waals surface area contributed by atoms with Crippen LogP contribution >= 0.6 is 0 Å². The Morgan fingerprint density at radius 1 is 1.19 bits per heavy atom. The van der Waals surface area contributed by atoms with Gasteiger partial charge in [0.2, 0.25) is 0 Å². The first kappa shape index (κ1) is 23.0. The maximum absolute atomic E-state index is 16.8. The number of alkyl halides is 1. The molecule has 32 heavy (non-hydrogen) atoms. The number of aliphatic carboxylic acids is 1. The van der Waals surface area contributed by atoms with Gasteiger partial charge in [-0.15, -0.1) is 0 Å². The van der Waals surface area contributed by atoms with Crippen molar-refractivity contribution in [3.05, 3.63) is 23.8 Å². The van der Waals surface area contributed by atoms with Gasteiger partial charge in [0.05, 0.1) is 0 Å². The number of ether oxygens (including phenoxy) is 2. The largest absolute Gasteiger partial charge is 0.508 e. The molecular formula is C24H31FO7. The van der Waals surface area contributed by atoms with Crippen LogP contribution < -0.4 is 0 Å². The van der Waals surface area contributed by atoms with Crippen LogP contribution in [-0.2, 0) is 19.1 Å². The maximum atomic E-state index is 16.8. The number of carbonyl (C=O) groups excluding carboxylic acids is 2. The van der Waals surface area contributed by atoms with Crippen molar-refractivity contribution in [3.8, 4) is 0 Å². The van der Waals surface area contributed by atoms with E-state index in [0.29, 0.717) is 32.1 Å². The molecule has 2 unspecified atom stereocenters. The summed E-state index contributed by atoms with van der Waals surface area (Å²) in [5.74, 6) is -1.76. The molecule has 7 nitrogen and oxygen atoms in total. The highest BCUT2D eigenvalue weighted by molar-refractivity contribution is 6.01. The van der Waals surface area contributed by atoms with E-state index in [0.717, 1.165) is 12.0 Å². The van der Waals surface area contributed by atoms with Crippen LogP contribution in [0.5, 0.6) is 0 Å². The van der Waals surface area contributed by atoms with Gasteiger partial charge in [-0.25, -0.2) is 14.0 Å². The number of carbonyl (C=O) groups is 3. The SMILES string of the molecule is CC(OC(=O)O[C@H]1CC[C@H]2[C@@H]3CCC4=CC(=O)C=C[C@]4(C)[C@@]3(F)CC[C@]12C)C(O)C(=O)O. The van der Waals surface area contributed by atoms with Gasteiger partial charge in [-0.3, -0.25) is 4.79 Å². The van der Waals surface area contributed by atoms with Crippen LogP contribution in [0.25, 0.3) is 0 Å². The van der Waals surface area contributed by atoms with Crippen LogP contribution in [-0.4, -0.2) is 52.1 Å². The molecule has 0 radical (unpaired) electrons. The van der Waals surface area contributed by atoms with Gasteiger partial charge in [-0.2, -0.15) is 0 Å². The first-order valence-corrected chi connectivity index (χ1v) is 11.3. The van der Waals surface area contributed by atoms with Gasteiger partial charge >= 0.3 is 12.1 Å². The Morgan fingerprint density at radius 3 is 2.59 bits per heavy atom. The molecule has 0 aromatic heterocycles. The quantitative estimate of drug-likeness (QED) is 0.628. The number of halogens is 1. The Bertz CT molecular complexity index is 897. The van der Waals surface area contributed by atoms with E-state index in [1.165, 1.54) is 13.0 Å². The summed E-state index contributed by atoms with van der Waals surface area (Å²) in [5, 5.41) is 18.4. The third kappa shape index (κ3) is 3.29. The Hall–Kier alpha value is -2.22. The summed E-state index contributed by atoms with van der Waals surface area (Å²) < 4.78 is 27.3. The van der Waals surface area contributed by atoms with Gasteiger partial charge in [-0.1, -0.05) is 18.6 Å². The van der Waals surface area contributed by atoms with Crippen LogP contribution in [0.4, 0.5) is 9.18 Å². The van der Waals surface area contributed by atoms with Crippen molar-refractivity contribution in [1.29, 1.82) is 0 Å². The fraction of sp³-hybridized carbons (Fsp3) is 0.708. The summed E-state index contributed by atoms with van der Waals surface area (Å²) in [4.78, 5) is 35.0. The number of rotatable bonds is 4. The van der Waals surface area contributed by atoms with E-state index >= 15 is 4.39 Å². The molecule has 0 aromatic rings. The number of carboxylic acids is 1. The van der Waals surface area contributed by atoms with E-state index in [4.69, 9.17) is 14.6 Å². The van der Waals surface area contributed by atoms with Crippen molar-refractivity contribution in [1.82, 2.24) is 0 Å². The number of hydrogen-bond donors (Lipinski definition) is 2. The highest BCUT2D eigenvalue weighted by Crippen LogP contribution is 2.68. The summed E-state index contributed by atoms with van der Waals surface area (Å²) in [7, 11) is 0. The second-order valence-electron chi connectivity index (χ2n) is 10.3. The molecule has 0 spiro atoms. The topological polar surface area (TPSA) is 110 Å². The predicted octanol–water partition coefficient (Wildman–Crippen LogP) is 3.74. The molecule has 0 aromatic carbocycles. The molecule has 176 valence electrons. The zero-order valence-electron chi connectivity index (χ0n) is 18.7. The van der Waals surface area contributed by atoms with E-state index in [9.17, 15) is 19.5 Å². The Kier molecular flexibility index (Phi) is 5.51. The summed E-state index contributed by atoms with van der Waals surface area (Å²) in [6, 6.07) is 0. The predicted molar refractivity (Wildman–Crippen MR) is 111 cm³/mol. The summed E-state index contributed by atoms with van der Waals surface area (Å²) >= 11 is 0. The average molecular weight is 451 g/mol. The minimum absolute atomic E-state index is 0.0190. The minimum atomic E-state index is -1.84. The van der Waals surface area contributed by atoms with Crippen LogP contribution in [0.1, 0.15) is 59.3 Å². The fourth-order valence-corrected chi connectivity index (χ4v) is 6.80. The van der Waals surface area contributed by atoms with Crippen molar-refractivity contribution >= 4 is 17.9 Å². The van der Waals surface area contributed by atoms with Crippen molar-refractivity contribution in [2.45, 2.75) is 83.3 Å². The Balaban J connectivity index is 1.50. The Labute approximate surface area is 186 Å². The van der Waals surface area contributed by atoms with Gasteiger partial charge in [0.15, 0.2) is 11.9 Å². The molecule has 4 aliphatic carbocycles. The zero-order chi connectivity index (χ0) is 23.5. The first-order chi connectivity index (χ1) is 14.9. The van der Waals surface area contributed by atoms with E-state index < -0.39 is 46.9 Å². The molecule has 0 aliphatic heterocycles.